The smallest absolute Gasteiger partial charge is 0.322 e. The Bertz CT molecular complexity index is 932. The Morgan fingerprint density at radius 2 is 1.72 bits per heavy atom. The lowest BCUT2D eigenvalue weighted by molar-refractivity contribution is 0.134. The maximum absolute atomic E-state index is 13.1. The molecular formula is C23H24ClN3O2. The number of aromatic nitrogens is 1. The van der Waals surface area contributed by atoms with Gasteiger partial charge in [0.05, 0.1) is 12.6 Å². The first-order valence-corrected chi connectivity index (χ1v) is 9.82. The van der Waals surface area contributed by atoms with E-state index in [2.05, 4.69) is 10.3 Å². The van der Waals surface area contributed by atoms with E-state index in [-0.39, 0.29) is 12.1 Å². The van der Waals surface area contributed by atoms with Crippen LogP contribution in [0.4, 0.5) is 10.5 Å². The van der Waals surface area contributed by atoms with Gasteiger partial charge in [-0.3, -0.25) is 4.98 Å². The third-order valence-corrected chi connectivity index (χ3v) is 4.89. The average Bonchev–Trinajstić information content (AvgIpc) is 2.75. The molecule has 150 valence electrons. The fourth-order valence-electron chi connectivity index (χ4n) is 3.13. The molecule has 0 fully saturated rings. The minimum absolute atomic E-state index is 0.217. The second-order valence-electron chi connectivity index (χ2n) is 6.57. The number of hydrogen-bond donors (Lipinski definition) is 1. The molecule has 0 aliphatic carbocycles. The minimum atomic E-state index is -0.283. The van der Waals surface area contributed by atoms with Crippen molar-refractivity contribution in [2.24, 2.45) is 0 Å². The quantitative estimate of drug-likeness (QED) is 0.558. The highest BCUT2D eigenvalue weighted by atomic mass is 35.5. The van der Waals surface area contributed by atoms with Crippen molar-refractivity contribution in [3.05, 3.63) is 94.8 Å². The third kappa shape index (κ3) is 5.34. The van der Waals surface area contributed by atoms with Gasteiger partial charge in [0.2, 0.25) is 0 Å². The summed E-state index contributed by atoms with van der Waals surface area (Å²) in [5.74, 6) is 0. The predicted octanol–water partition coefficient (Wildman–Crippen LogP) is 5.52. The summed E-state index contributed by atoms with van der Waals surface area (Å²) >= 11 is 6.06. The molecule has 0 saturated carbocycles. The van der Waals surface area contributed by atoms with Crippen molar-refractivity contribution in [2.45, 2.75) is 19.6 Å². The zero-order valence-corrected chi connectivity index (χ0v) is 17.3. The molecule has 2 aromatic carbocycles. The molecule has 1 N–H and O–H groups in total. The Hall–Kier alpha value is -2.89. The number of carbonyl (C=O) groups excluding carboxylic acids is 1. The fraction of sp³-hybridized carbons (Fsp3) is 0.217. The summed E-state index contributed by atoms with van der Waals surface area (Å²) < 4.78 is 5.52. The molecule has 1 aromatic heterocycles. The number of amides is 2. The number of carbonyl (C=O) groups is 1. The summed E-state index contributed by atoms with van der Waals surface area (Å²) in [5, 5.41) is 3.67. The van der Waals surface area contributed by atoms with Gasteiger partial charge in [-0.15, -0.1) is 0 Å². The number of pyridine rings is 1. The van der Waals surface area contributed by atoms with E-state index < -0.39 is 0 Å². The minimum Gasteiger partial charge on any atom is -0.377 e. The molecule has 5 nitrogen and oxygen atoms in total. The Balaban J connectivity index is 1.87. The molecule has 2 amide bonds. The normalized spacial score (nSPS) is 11.7. The van der Waals surface area contributed by atoms with Crippen molar-refractivity contribution in [1.29, 1.82) is 0 Å². The lowest BCUT2D eigenvalue weighted by Gasteiger charge is -2.29. The molecule has 0 spiro atoms. The fourth-order valence-corrected chi connectivity index (χ4v) is 3.26. The van der Waals surface area contributed by atoms with Crippen molar-refractivity contribution >= 4 is 23.3 Å². The lowest BCUT2D eigenvalue weighted by Crippen LogP contribution is -2.35. The van der Waals surface area contributed by atoms with Gasteiger partial charge < -0.3 is 15.0 Å². The van der Waals surface area contributed by atoms with Gasteiger partial charge in [-0.05, 0) is 48.4 Å². The predicted molar refractivity (Wildman–Crippen MR) is 116 cm³/mol. The molecular weight excluding hydrogens is 386 g/mol. The van der Waals surface area contributed by atoms with Gasteiger partial charge in [-0.1, -0.05) is 41.9 Å². The van der Waals surface area contributed by atoms with Crippen molar-refractivity contribution < 1.29 is 9.53 Å². The molecule has 3 rings (SSSR count). The van der Waals surface area contributed by atoms with Gasteiger partial charge in [0.15, 0.2) is 0 Å². The van der Waals surface area contributed by atoms with Gasteiger partial charge >= 0.3 is 6.03 Å². The van der Waals surface area contributed by atoms with Crippen LogP contribution >= 0.6 is 11.6 Å². The molecule has 3 aromatic rings. The number of benzene rings is 2. The van der Waals surface area contributed by atoms with Gasteiger partial charge in [0.25, 0.3) is 0 Å². The Kier molecular flexibility index (Phi) is 7.22. The molecule has 0 saturated heterocycles. The number of hydrogen-bond acceptors (Lipinski definition) is 3. The largest absolute Gasteiger partial charge is 0.377 e. The highest BCUT2D eigenvalue weighted by molar-refractivity contribution is 6.30. The molecule has 0 radical (unpaired) electrons. The van der Waals surface area contributed by atoms with Crippen LogP contribution in [0, 0.1) is 0 Å². The van der Waals surface area contributed by atoms with Crippen molar-refractivity contribution in [1.82, 2.24) is 9.88 Å². The summed E-state index contributed by atoms with van der Waals surface area (Å²) in [6.45, 7) is 3.00. The second kappa shape index (κ2) is 10.0. The summed E-state index contributed by atoms with van der Waals surface area (Å²) in [6, 6.07) is 18.5. The van der Waals surface area contributed by atoms with Crippen LogP contribution in [0.15, 0.2) is 73.1 Å². The van der Waals surface area contributed by atoms with Crippen molar-refractivity contribution in [2.75, 3.05) is 19.0 Å². The van der Waals surface area contributed by atoms with Crippen LogP contribution in [-0.4, -0.2) is 29.6 Å². The van der Waals surface area contributed by atoms with Crippen LogP contribution in [0.3, 0.4) is 0 Å². The third-order valence-electron chi connectivity index (χ3n) is 4.64. The van der Waals surface area contributed by atoms with Crippen LogP contribution in [-0.2, 0) is 11.3 Å². The second-order valence-corrected chi connectivity index (χ2v) is 7.01. The standard InChI is InChI=1S/C23H24ClN3O2/c1-3-29-16-19-6-4-5-7-21(19)26-23(28)27(2)22(18-12-14-25-15-13-18)17-8-10-20(24)11-9-17/h4-15,22H,3,16H2,1-2H3,(H,26,28). The molecule has 1 unspecified atom stereocenters. The summed E-state index contributed by atoms with van der Waals surface area (Å²) in [4.78, 5) is 18.9. The molecule has 0 bridgehead atoms. The van der Waals surface area contributed by atoms with Crippen LogP contribution in [0.5, 0.6) is 0 Å². The molecule has 29 heavy (non-hydrogen) atoms. The van der Waals surface area contributed by atoms with Crippen molar-refractivity contribution in [3.63, 3.8) is 0 Å². The van der Waals surface area contributed by atoms with E-state index in [0.717, 1.165) is 22.4 Å². The number of anilines is 1. The molecule has 0 aliphatic heterocycles. The number of urea groups is 1. The van der Waals surface area contributed by atoms with Gasteiger partial charge in [0, 0.05) is 42.3 Å². The monoisotopic (exact) mass is 409 g/mol. The van der Waals surface area contributed by atoms with Gasteiger partial charge in [0.1, 0.15) is 0 Å². The van der Waals surface area contributed by atoms with E-state index in [1.165, 1.54) is 0 Å². The van der Waals surface area contributed by atoms with E-state index in [1.807, 2.05) is 67.6 Å². The summed E-state index contributed by atoms with van der Waals surface area (Å²) in [7, 11) is 1.78. The number of ether oxygens (including phenoxy) is 1. The van der Waals surface area contributed by atoms with E-state index >= 15 is 0 Å². The molecule has 6 heteroatoms. The first-order valence-electron chi connectivity index (χ1n) is 9.45. The van der Waals surface area contributed by atoms with E-state index in [4.69, 9.17) is 16.3 Å². The van der Waals surface area contributed by atoms with Crippen molar-refractivity contribution in [3.8, 4) is 0 Å². The molecule has 0 aliphatic rings. The van der Waals surface area contributed by atoms with E-state index in [1.54, 1.807) is 24.3 Å². The maximum Gasteiger partial charge on any atom is 0.322 e. The molecule has 1 heterocycles. The average molecular weight is 410 g/mol. The molecule has 1 atom stereocenters. The highest BCUT2D eigenvalue weighted by Crippen LogP contribution is 2.29. The Morgan fingerprint density at radius 3 is 2.41 bits per heavy atom. The zero-order chi connectivity index (χ0) is 20.6. The van der Waals surface area contributed by atoms with E-state index in [9.17, 15) is 4.79 Å². The Labute approximate surface area is 176 Å². The number of nitrogens with zero attached hydrogens (tertiary/aromatic N) is 2. The summed E-state index contributed by atoms with van der Waals surface area (Å²) in [5.41, 5.74) is 3.59. The van der Waals surface area contributed by atoms with Crippen LogP contribution in [0.25, 0.3) is 0 Å². The lowest BCUT2D eigenvalue weighted by atomic mass is 9.98. The van der Waals surface area contributed by atoms with Crippen LogP contribution in [0.1, 0.15) is 29.7 Å². The van der Waals surface area contributed by atoms with E-state index in [0.29, 0.717) is 18.2 Å². The first kappa shape index (κ1) is 20.8. The SMILES string of the molecule is CCOCc1ccccc1NC(=O)N(C)C(c1ccncc1)c1ccc(Cl)cc1. The van der Waals surface area contributed by atoms with Gasteiger partial charge in [-0.2, -0.15) is 0 Å². The number of para-hydroxylation sites is 1. The topological polar surface area (TPSA) is 54.5 Å². The van der Waals surface area contributed by atoms with Crippen LogP contribution in [0.2, 0.25) is 5.02 Å². The number of nitrogens with one attached hydrogen (secondary N) is 1. The number of halogens is 1. The first-order chi connectivity index (χ1) is 14.1. The highest BCUT2D eigenvalue weighted by Gasteiger charge is 2.24. The number of rotatable bonds is 7. The van der Waals surface area contributed by atoms with Gasteiger partial charge in [-0.25, -0.2) is 4.79 Å². The zero-order valence-electron chi connectivity index (χ0n) is 16.5. The summed E-state index contributed by atoms with van der Waals surface area (Å²) in [6.07, 6.45) is 3.45. The Morgan fingerprint density at radius 1 is 1.07 bits per heavy atom. The maximum atomic E-state index is 13.1. The van der Waals surface area contributed by atoms with Crippen LogP contribution < -0.4 is 5.32 Å².